The fourth-order valence-electron chi connectivity index (χ4n) is 3.20. The third-order valence-electron chi connectivity index (χ3n) is 4.68. The van der Waals surface area contributed by atoms with E-state index >= 15 is 0 Å². The Hall–Kier alpha value is -3.16. The van der Waals surface area contributed by atoms with Gasteiger partial charge in [0.2, 0.25) is 11.8 Å². The van der Waals surface area contributed by atoms with Gasteiger partial charge in [0.25, 0.3) is 0 Å². The molecule has 1 aliphatic rings. The SMILES string of the molecule is CCNC(=NCc1cccnc1Oc1cccc(F)c1)NCCCN1CCCC1=O. The number of hydrogen-bond donors (Lipinski definition) is 2. The number of benzene rings is 1. The van der Waals surface area contributed by atoms with Crippen LogP contribution < -0.4 is 15.4 Å². The van der Waals surface area contributed by atoms with E-state index in [1.807, 2.05) is 24.0 Å². The average Bonchev–Trinajstić information content (AvgIpc) is 3.15. The van der Waals surface area contributed by atoms with Gasteiger partial charge in [0.1, 0.15) is 11.6 Å². The smallest absolute Gasteiger partial charge is 0.224 e. The van der Waals surface area contributed by atoms with Gasteiger partial charge in [0.15, 0.2) is 5.96 Å². The highest BCUT2D eigenvalue weighted by Gasteiger charge is 2.18. The predicted molar refractivity (Wildman–Crippen MR) is 114 cm³/mol. The number of amides is 1. The van der Waals surface area contributed by atoms with Gasteiger partial charge in [-0.3, -0.25) is 4.79 Å². The molecule has 2 aromatic rings. The lowest BCUT2D eigenvalue weighted by Crippen LogP contribution is -2.39. The molecule has 0 spiro atoms. The molecule has 2 heterocycles. The number of nitrogens with one attached hydrogen (secondary N) is 2. The van der Waals surface area contributed by atoms with Gasteiger partial charge >= 0.3 is 0 Å². The number of aromatic nitrogens is 1. The molecular weight excluding hydrogens is 385 g/mol. The molecule has 0 bridgehead atoms. The predicted octanol–water partition coefficient (Wildman–Crippen LogP) is 3.08. The minimum absolute atomic E-state index is 0.248. The zero-order valence-electron chi connectivity index (χ0n) is 17.2. The van der Waals surface area contributed by atoms with E-state index in [1.54, 1.807) is 18.3 Å². The zero-order chi connectivity index (χ0) is 21.2. The summed E-state index contributed by atoms with van der Waals surface area (Å²) in [6, 6.07) is 9.66. The van der Waals surface area contributed by atoms with Crippen molar-refractivity contribution >= 4 is 11.9 Å². The Morgan fingerprint density at radius 1 is 1.30 bits per heavy atom. The highest BCUT2D eigenvalue weighted by Crippen LogP contribution is 2.23. The standard InChI is InChI=1S/C22H28FN5O2/c1-2-24-22(26-12-6-14-28-13-5-10-20(28)29)27-16-17-7-4-11-25-21(17)30-19-9-3-8-18(23)15-19/h3-4,7-9,11,15H,2,5-6,10,12-14,16H2,1H3,(H2,24,26,27). The molecule has 1 amide bonds. The maximum Gasteiger partial charge on any atom is 0.224 e. The van der Waals surface area contributed by atoms with E-state index in [0.717, 1.165) is 44.6 Å². The first-order valence-corrected chi connectivity index (χ1v) is 10.3. The van der Waals surface area contributed by atoms with E-state index in [1.165, 1.54) is 12.1 Å². The second-order valence-electron chi connectivity index (χ2n) is 6.99. The minimum Gasteiger partial charge on any atom is -0.439 e. The average molecular weight is 413 g/mol. The quantitative estimate of drug-likeness (QED) is 0.375. The minimum atomic E-state index is -0.364. The van der Waals surface area contributed by atoms with Crippen molar-refractivity contribution in [1.82, 2.24) is 20.5 Å². The van der Waals surface area contributed by atoms with Crippen molar-refractivity contribution in [2.24, 2.45) is 4.99 Å². The third kappa shape index (κ3) is 6.43. The number of nitrogens with zero attached hydrogens (tertiary/aromatic N) is 3. The molecule has 0 radical (unpaired) electrons. The molecule has 0 aliphatic carbocycles. The van der Waals surface area contributed by atoms with Crippen LogP contribution in [0.1, 0.15) is 31.7 Å². The highest BCUT2D eigenvalue weighted by molar-refractivity contribution is 5.80. The number of carbonyl (C=O) groups is 1. The van der Waals surface area contributed by atoms with Gasteiger partial charge in [-0.2, -0.15) is 0 Å². The molecule has 1 aromatic heterocycles. The highest BCUT2D eigenvalue weighted by atomic mass is 19.1. The Balaban J connectivity index is 1.56. The van der Waals surface area contributed by atoms with Crippen LogP contribution in [0.2, 0.25) is 0 Å². The number of likely N-dealkylation sites (tertiary alicyclic amines) is 1. The van der Waals surface area contributed by atoms with Crippen molar-refractivity contribution in [3.63, 3.8) is 0 Å². The Morgan fingerprint density at radius 3 is 2.97 bits per heavy atom. The Bertz CT molecular complexity index is 874. The van der Waals surface area contributed by atoms with E-state index in [2.05, 4.69) is 20.6 Å². The molecule has 2 N–H and O–H groups in total. The summed E-state index contributed by atoms with van der Waals surface area (Å²) in [4.78, 5) is 22.5. The number of ether oxygens (including phenoxy) is 1. The number of guanidine groups is 1. The molecular formula is C22H28FN5O2. The van der Waals surface area contributed by atoms with Gasteiger partial charge in [0.05, 0.1) is 6.54 Å². The molecule has 0 unspecified atom stereocenters. The summed E-state index contributed by atoms with van der Waals surface area (Å²) in [6.45, 7) is 5.44. The van der Waals surface area contributed by atoms with Crippen LogP contribution in [0.25, 0.3) is 0 Å². The van der Waals surface area contributed by atoms with Crippen LogP contribution in [0, 0.1) is 5.82 Å². The summed E-state index contributed by atoms with van der Waals surface area (Å²) in [5.41, 5.74) is 0.793. The van der Waals surface area contributed by atoms with E-state index in [-0.39, 0.29) is 11.7 Å². The zero-order valence-corrected chi connectivity index (χ0v) is 17.2. The Labute approximate surface area is 176 Å². The normalized spacial score (nSPS) is 14.1. The second kappa shape index (κ2) is 11.1. The maximum absolute atomic E-state index is 13.4. The van der Waals surface area contributed by atoms with E-state index in [9.17, 15) is 9.18 Å². The van der Waals surface area contributed by atoms with Crippen molar-refractivity contribution in [1.29, 1.82) is 0 Å². The summed E-state index contributed by atoms with van der Waals surface area (Å²) < 4.78 is 19.2. The Kier molecular flexibility index (Phi) is 8.00. The molecule has 1 aromatic carbocycles. The fraction of sp³-hybridized carbons (Fsp3) is 0.409. The molecule has 30 heavy (non-hydrogen) atoms. The van der Waals surface area contributed by atoms with Crippen molar-refractivity contribution < 1.29 is 13.9 Å². The first-order chi connectivity index (χ1) is 14.7. The van der Waals surface area contributed by atoms with Crippen LogP contribution in [0.15, 0.2) is 47.6 Å². The van der Waals surface area contributed by atoms with E-state index in [4.69, 9.17) is 4.74 Å². The maximum atomic E-state index is 13.4. The summed E-state index contributed by atoms with van der Waals surface area (Å²) in [7, 11) is 0. The number of halogens is 1. The molecule has 7 nitrogen and oxygen atoms in total. The monoisotopic (exact) mass is 413 g/mol. The number of pyridine rings is 1. The van der Waals surface area contributed by atoms with Crippen LogP contribution in [0.3, 0.4) is 0 Å². The third-order valence-corrected chi connectivity index (χ3v) is 4.68. The number of hydrogen-bond acceptors (Lipinski definition) is 4. The van der Waals surface area contributed by atoms with Crippen LogP contribution >= 0.6 is 0 Å². The second-order valence-corrected chi connectivity index (χ2v) is 6.99. The van der Waals surface area contributed by atoms with Crippen LogP contribution in [-0.4, -0.2) is 47.9 Å². The first kappa shape index (κ1) is 21.5. The van der Waals surface area contributed by atoms with Crippen molar-refractivity contribution in [3.05, 3.63) is 54.0 Å². The van der Waals surface area contributed by atoms with Gasteiger partial charge in [-0.1, -0.05) is 12.1 Å². The summed E-state index contributed by atoms with van der Waals surface area (Å²) in [5.74, 6) is 1.36. The summed E-state index contributed by atoms with van der Waals surface area (Å²) in [5, 5.41) is 6.51. The lowest BCUT2D eigenvalue weighted by Gasteiger charge is -2.16. The number of rotatable bonds is 9. The van der Waals surface area contributed by atoms with Crippen LogP contribution in [-0.2, 0) is 11.3 Å². The van der Waals surface area contributed by atoms with E-state index < -0.39 is 0 Å². The topological polar surface area (TPSA) is 78.9 Å². The molecule has 8 heteroatoms. The molecule has 0 saturated carbocycles. The lowest BCUT2D eigenvalue weighted by molar-refractivity contribution is -0.127. The molecule has 1 saturated heterocycles. The van der Waals surface area contributed by atoms with Gasteiger partial charge < -0.3 is 20.3 Å². The van der Waals surface area contributed by atoms with Crippen LogP contribution in [0.5, 0.6) is 11.6 Å². The molecule has 1 fully saturated rings. The van der Waals surface area contributed by atoms with Gasteiger partial charge in [-0.05, 0) is 38.0 Å². The molecule has 3 rings (SSSR count). The van der Waals surface area contributed by atoms with Gasteiger partial charge in [-0.25, -0.2) is 14.4 Å². The van der Waals surface area contributed by atoms with Gasteiger partial charge in [0, 0.05) is 50.4 Å². The van der Waals surface area contributed by atoms with Gasteiger partial charge in [-0.15, -0.1) is 0 Å². The number of carbonyl (C=O) groups excluding carboxylic acids is 1. The first-order valence-electron chi connectivity index (χ1n) is 10.3. The summed E-state index contributed by atoms with van der Waals surface area (Å²) >= 11 is 0. The lowest BCUT2D eigenvalue weighted by atomic mass is 10.2. The summed E-state index contributed by atoms with van der Waals surface area (Å²) in [6.07, 6.45) is 4.12. The fourth-order valence-corrected chi connectivity index (χ4v) is 3.20. The van der Waals surface area contributed by atoms with E-state index in [0.29, 0.717) is 30.6 Å². The van der Waals surface area contributed by atoms with Crippen molar-refractivity contribution in [2.75, 3.05) is 26.2 Å². The van der Waals surface area contributed by atoms with Crippen molar-refractivity contribution in [2.45, 2.75) is 32.7 Å². The Morgan fingerprint density at radius 2 is 2.20 bits per heavy atom. The molecule has 0 atom stereocenters. The largest absolute Gasteiger partial charge is 0.439 e. The molecule has 160 valence electrons. The molecule has 1 aliphatic heterocycles. The number of aliphatic imine (C=N–C) groups is 1. The van der Waals surface area contributed by atoms with Crippen molar-refractivity contribution in [3.8, 4) is 11.6 Å². The van der Waals surface area contributed by atoms with Crippen LogP contribution in [0.4, 0.5) is 4.39 Å².